The molecular weight excluding hydrogens is 482 g/mol. The first-order valence-corrected chi connectivity index (χ1v) is 12.5. The molecule has 1 amide bonds. The first-order chi connectivity index (χ1) is 17.9. The number of amides is 1. The van der Waals surface area contributed by atoms with E-state index in [1.54, 1.807) is 16.9 Å². The highest BCUT2D eigenvalue weighted by atomic mass is 32.1. The van der Waals surface area contributed by atoms with Gasteiger partial charge in [-0.25, -0.2) is 0 Å². The van der Waals surface area contributed by atoms with Gasteiger partial charge >= 0.3 is 0 Å². The number of rotatable bonds is 7. The lowest BCUT2D eigenvalue weighted by Gasteiger charge is -2.17. The van der Waals surface area contributed by atoms with Crippen molar-refractivity contribution in [3.05, 3.63) is 95.3 Å². The standard InChI is InChI=1S/C30H29N3O3S/c1-20-9-10-23(17-21(20)2)33-29(34)28(31(3)30(33)37)18-22-19-32(27-8-6-5-7-26(22)27)15-16-36-25-13-11-24(35-4)12-14-25/h5-14,17-19H,15-16H2,1-4H3/b28-18-. The maximum Gasteiger partial charge on any atom is 0.281 e. The van der Waals surface area contributed by atoms with Crippen LogP contribution in [0, 0.1) is 13.8 Å². The number of methoxy groups -OCH3 is 1. The summed E-state index contributed by atoms with van der Waals surface area (Å²) in [6.45, 7) is 5.26. The maximum absolute atomic E-state index is 13.5. The monoisotopic (exact) mass is 511 g/mol. The van der Waals surface area contributed by atoms with Crippen molar-refractivity contribution in [2.75, 3.05) is 25.7 Å². The van der Waals surface area contributed by atoms with E-state index in [1.165, 1.54) is 5.56 Å². The van der Waals surface area contributed by atoms with E-state index in [0.717, 1.165) is 39.2 Å². The van der Waals surface area contributed by atoms with Crippen molar-refractivity contribution in [1.29, 1.82) is 0 Å². The van der Waals surface area contributed by atoms with Gasteiger partial charge in [-0.05, 0) is 85.7 Å². The van der Waals surface area contributed by atoms with E-state index in [0.29, 0.717) is 24.0 Å². The lowest BCUT2D eigenvalue weighted by atomic mass is 10.1. The van der Waals surface area contributed by atoms with Gasteiger partial charge in [-0.2, -0.15) is 0 Å². The molecule has 188 valence electrons. The highest BCUT2D eigenvalue weighted by molar-refractivity contribution is 7.80. The third kappa shape index (κ3) is 4.70. The average molecular weight is 512 g/mol. The molecule has 3 aromatic carbocycles. The molecule has 4 aromatic rings. The Bertz CT molecular complexity index is 1520. The number of ether oxygens (including phenoxy) is 2. The van der Waals surface area contributed by atoms with Gasteiger partial charge in [0.05, 0.1) is 19.3 Å². The zero-order chi connectivity index (χ0) is 26.1. The van der Waals surface area contributed by atoms with Crippen molar-refractivity contribution in [3.63, 3.8) is 0 Å². The molecule has 0 atom stereocenters. The number of nitrogens with zero attached hydrogens (tertiary/aromatic N) is 3. The van der Waals surface area contributed by atoms with Gasteiger partial charge in [0.1, 0.15) is 23.8 Å². The predicted molar refractivity (Wildman–Crippen MR) is 152 cm³/mol. The number of carbonyl (C=O) groups is 1. The van der Waals surface area contributed by atoms with Crippen LogP contribution in [0.4, 0.5) is 5.69 Å². The third-order valence-electron chi connectivity index (χ3n) is 6.78. The molecule has 1 aliphatic rings. The second-order valence-corrected chi connectivity index (χ2v) is 9.46. The van der Waals surface area contributed by atoms with Crippen LogP contribution in [0.25, 0.3) is 17.0 Å². The SMILES string of the molecule is COc1ccc(OCCn2cc(/C=C3/C(=O)N(c4ccc(C)c(C)c4)C(=S)N3C)c3ccccc32)cc1. The van der Waals surface area contributed by atoms with E-state index in [4.69, 9.17) is 21.7 Å². The van der Waals surface area contributed by atoms with E-state index >= 15 is 0 Å². The van der Waals surface area contributed by atoms with E-state index in [2.05, 4.69) is 29.8 Å². The minimum absolute atomic E-state index is 0.129. The molecule has 1 fully saturated rings. The Labute approximate surface area is 222 Å². The lowest BCUT2D eigenvalue weighted by molar-refractivity contribution is -0.114. The van der Waals surface area contributed by atoms with E-state index in [9.17, 15) is 4.79 Å². The summed E-state index contributed by atoms with van der Waals surface area (Å²) in [5, 5.41) is 1.53. The molecule has 0 unspecified atom stereocenters. The number of hydrogen-bond donors (Lipinski definition) is 0. The topological polar surface area (TPSA) is 46.9 Å². The smallest absolute Gasteiger partial charge is 0.281 e. The number of anilines is 1. The summed E-state index contributed by atoms with van der Waals surface area (Å²) in [4.78, 5) is 16.9. The van der Waals surface area contributed by atoms with Gasteiger partial charge in [-0.1, -0.05) is 24.3 Å². The van der Waals surface area contributed by atoms with Crippen LogP contribution in [0.3, 0.4) is 0 Å². The molecule has 0 bridgehead atoms. The number of carbonyl (C=O) groups excluding carboxylic acids is 1. The number of thiocarbonyl (C=S) groups is 1. The van der Waals surface area contributed by atoms with Crippen LogP contribution < -0.4 is 14.4 Å². The molecule has 0 radical (unpaired) electrons. The molecule has 0 spiro atoms. The molecule has 6 nitrogen and oxygen atoms in total. The van der Waals surface area contributed by atoms with Gasteiger partial charge in [-0.15, -0.1) is 0 Å². The Morgan fingerprint density at radius 3 is 2.41 bits per heavy atom. The van der Waals surface area contributed by atoms with Crippen LogP contribution in [0.1, 0.15) is 16.7 Å². The second kappa shape index (κ2) is 10.1. The van der Waals surface area contributed by atoms with Crippen molar-refractivity contribution in [2.45, 2.75) is 20.4 Å². The molecule has 0 aliphatic carbocycles. The minimum Gasteiger partial charge on any atom is -0.497 e. The lowest BCUT2D eigenvalue weighted by Crippen LogP contribution is -2.31. The maximum atomic E-state index is 13.5. The highest BCUT2D eigenvalue weighted by Gasteiger charge is 2.37. The second-order valence-electron chi connectivity index (χ2n) is 9.10. The molecule has 37 heavy (non-hydrogen) atoms. The van der Waals surface area contributed by atoms with E-state index < -0.39 is 0 Å². The van der Waals surface area contributed by atoms with Crippen LogP contribution in [-0.2, 0) is 11.3 Å². The number of aryl methyl sites for hydroxylation is 2. The number of fused-ring (bicyclic) bond motifs is 1. The minimum atomic E-state index is -0.129. The largest absolute Gasteiger partial charge is 0.497 e. The summed E-state index contributed by atoms with van der Waals surface area (Å²) in [5.74, 6) is 1.46. The molecule has 5 rings (SSSR count). The van der Waals surface area contributed by atoms with Crippen molar-refractivity contribution in [3.8, 4) is 11.5 Å². The predicted octanol–water partition coefficient (Wildman–Crippen LogP) is 5.95. The van der Waals surface area contributed by atoms with E-state index in [1.807, 2.05) is 74.6 Å². The Kier molecular flexibility index (Phi) is 6.72. The zero-order valence-electron chi connectivity index (χ0n) is 21.4. The van der Waals surface area contributed by atoms with Crippen molar-refractivity contribution >= 4 is 45.9 Å². The van der Waals surface area contributed by atoms with Gasteiger partial charge < -0.3 is 18.9 Å². The van der Waals surface area contributed by atoms with Gasteiger partial charge in [0.15, 0.2) is 5.11 Å². The number of likely N-dealkylation sites (N-methyl/N-ethyl adjacent to an activating group) is 1. The molecule has 0 N–H and O–H groups in total. The van der Waals surface area contributed by atoms with Crippen LogP contribution in [-0.4, -0.2) is 41.3 Å². The highest BCUT2D eigenvalue weighted by Crippen LogP contribution is 2.31. The molecule has 2 heterocycles. The molecule has 1 saturated heterocycles. The summed E-state index contributed by atoms with van der Waals surface area (Å²) < 4.78 is 13.3. The summed E-state index contributed by atoms with van der Waals surface area (Å²) in [6, 6.07) is 21.7. The normalized spacial score (nSPS) is 14.8. The van der Waals surface area contributed by atoms with Crippen LogP contribution in [0.5, 0.6) is 11.5 Å². The Morgan fingerprint density at radius 1 is 0.946 bits per heavy atom. The Hall–Kier alpha value is -4.10. The quantitative estimate of drug-likeness (QED) is 0.227. The van der Waals surface area contributed by atoms with Gasteiger partial charge in [0, 0.05) is 29.7 Å². The summed E-state index contributed by atoms with van der Waals surface area (Å²) in [5.41, 5.74) is 5.66. The fraction of sp³-hybridized carbons (Fsp3) is 0.200. The van der Waals surface area contributed by atoms with Gasteiger partial charge in [-0.3, -0.25) is 9.69 Å². The number of hydrogen-bond acceptors (Lipinski definition) is 4. The number of aromatic nitrogens is 1. The summed E-state index contributed by atoms with van der Waals surface area (Å²) in [6.07, 6.45) is 4.00. The summed E-state index contributed by atoms with van der Waals surface area (Å²) in [7, 11) is 3.49. The first kappa shape index (κ1) is 24.6. The van der Waals surface area contributed by atoms with Gasteiger partial charge in [0.25, 0.3) is 5.91 Å². The fourth-order valence-electron chi connectivity index (χ4n) is 4.51. The van der Waals surface area contributed by atoms with Crippen LogP contribution in [0.15, 0.2) is 78.6 Å². The van der Waals surface area contributed by atoms with Gasteiger partial charge in [0.2, 0.25) is 0 Å². The Balaban J connectivity index is 1.41. The summed E-state index contributed by atoms with van der Waals surface area (Å²) >= 11 is 5.67. The molecular formula is C30H29N3O3S. The van der Waals surface area contributed by atoms with Crippen LogP contribution in [0.2, 0.25) is 0 Å². The molecule has 1 aliphatic heterocycles. The Morgan fingerprint density at radius 2 is 1.68 bits per heavy atom. The molecule has 1 aromatic heterocycles. The average Bonchev–Trinajstić information content (AvgIpc) is 3.36. The van der Waals surface area contributed by atoms with Crippen LogP contribution >= 0.6 is 12.2 Å². The fourth-order valence-corrected chi connectivity index (χ4v) is 4.79. The third-order valence-corrected chi connectivity index (χ3v) is 7.24. The van der Waals surface area contributed by atoms with Crippen molar-refractivity contribution in [1.82, 2.24) is 9.47 Å². The van der Waals surface area contributed by atoms with Crippen molar-refractivity contribution in [2.24, 2.45) is 0 Å². The molecule has 7 heteroatoms. The number of para-hydroxylation sites is 1. The van der Waals surface area contributed by atoms with Crippen molar-refractivity contribution < 1.29 is 14.3 Å². The zero-order valence-corrected chi connectivity index (χ0v) is 22.2. The number of benzene rings is 3. The molecule has 0 saturated carbocycles. The first-order valence-electron chi connectivity index (χ1n) is 12.1. The van der Waals surface area contributed by atoms with E-state index in [-0.39, 0.29) is 5.91 Å².